The quantitative estimate of drug-likeness (QED) is 0.939. The number of anilines is 1. The Bertz CT molecular complexity index is 630. The van der Waals surface area contributed by atoms with Crippen LogP contribution in [0.4, 0.5) is 5.13 Å². The molecule has 2 fully saturated rings. The molecule has 0 bridgehead atoms. The largest absolute Gasteiger partial charge is 0.508 e. The summed E-state index contributed by atoms with van der Waals surface area (Å²) in [5.41, 5.74) is 1.25. The fraction of sp³-hybridized carbons (Fsp3) is 0.500. The minimum atomic E-state index is 0.330. The topological polar surface area (TPSA) is 52.5 Å². The third kappa shape index (κ3) is 3.08. The Labute approximate surface area is 134 Å². The molecule has 0 spiro atoms. The van der Waals surface area contributed by atoms with Gasteiger partial charge < -0.3 is 10.0 Å². The molecule has 0 radical (unpaired) electrons. The van der Waals surface area contributed by atoms with Crippen molar-refractivity contribution >= 4 is 16.5 Å². The molecule has 4 rings (SSSR count). The number of nitrogens with zero attached hydrogens (tertiary/aromatic N) is 4. The molecular weight excluding hydrogens is 296 g/mol. The first kappa shape index (κ1) is 14.0. The molecule has 1 saturated carbocycles. The highest BCUT2D eigenvalue weighted by Gasteiger charge is 2.29. The third-order valence-electron chi connectivity index (χ3n) is 4.34. The van der Waals surface area contributed by atoms with E-state index in [4.69, 9.17) is 0 Å². The van der Waals surface area contributed by atoms with Crippen molar-refractivity contribution in [2.24, 2.45) is 0 Å². The van der Waals surface area contributed by atoms with Crippen LogP contribution >= 0.6 is 11.3 Å². The Morgan fingerprint density at radius 3 is 2.45 bits per heavy atom. The zero-order chi connectivity index (χ0) is 14.9. The number of piperazine rings is 1. The Kier molecular flexibility index (Phi) is 3.72. The van der Waals surface area contributed by atoms with Crippen LogP contribution < -0.4 is 4.90 Å². The second kappa shape index (κ2) is 5.85. The highest BCUT2D eigenvalue weighted by molar-refractivity contribution is 7.15. The fourth-order valence-electron chi connectivity index (χ4n) is 2.81. The summed E-state index contributed by atoms with van der Waals surface area (Å²) in [5.74, 6) is 1.03. The minimum Gasteiger partial charge on any atom is -0.508 e. The van der Waals surface area contributed by atoms with Crippen molar-refractivity contribution in [1.29, 1.82) is 0 Å². The molecule has 2 aliphatic rings. The summed E-state index contributed by atoms with van der Waals surface area (Å²) in [7, 11) is 0. The molecule has 1 N–H and O–H groups in total. The molecule has 1 aromatic carbocycles. The van der Waals surface area contributed by atoms with Gasteiger partial charge in [-0.1, -0.05) is 23.5 Å². The molecule has 116 valence electrons. The van der Waals surface area contributed by atoms with Crippen LogP contribution in [0.2, 0.25) is 0 Å². The van der Waals surface area contributed by atoms with Crippen molar-refractivity contribution in [3.05, 3.63) is 34.8 Å². The second-order valence-electron chi connectivity index (χ2n) is 6.13. The molecule has 1 aliphatic carbocycles. The summed E-state index contributed by atoms with van der Waals surface area (Å²) < 4.78 is 0. The van der Waals surface area contributed by atoms with Crippen molar-refractivity contribution in [2.45, 2.75) is 25.3 Å². The maximum Gasteiger partial charge on any atom is 0.208 e. The van der Waals surface area contributed by atoms with Gasteiger partial charge in [0.25, 0.3) is 0 Å². The van der Waals surface area contributed by atoms with Gasteiger partial charge >= 0.3 is 0 Å². The lowest BCUT2D eigenvalue weighted by Crippen LogP contribution is -2.45. The van der Waals surface area contributed by atoms with Crippen LogP contribution in [0.15, 0.2) is 24.3 Å². The number of benzene rings is 1. The van der Waals surface area contributed by atoms with Gasteiger partial charge in [0.15, 0.2) is 0 Å². The number of aromatic nitrogens is 2. The number of phenols is 1. The van der Waals surface area contributed by atoms with Crippen LogP contribution in [0.1, 0.15) is 29.3 Å². The second-order valence-corrected chi connectivity index (χ2v) is 7.11. The maximum atomic E-state index is 9.34. The first-order valence-electron chi connectivity index (χ1n) is 7.86. The van der Waals surface area contributed by atoms with Crippen molar-refractivity contribution in [2.75, 3.05) is 31.1 Å². The van der Waals surface area contributed by atoms with Crippen LogP contribution in [0.5, 0.6) is 5.75 Å². The molecule has 0 unspecified atom stereocenters. The van der Waals surface area contributed by atoms with Gasteiger partial charge in [-0.3, -0.25) is 4.90 Å². The average molecular weight is 316 g/mol. The molecule has 0 atom stereocenters. The van der Waals surface area contributed by atoms with E-state index in [1.54, 1.807) is 23.5 Å². The van der Waals surface area contributed by atoms with E-state index in [0.717, 1.165) is 37.9 Å². The standard InChI is InChI=1S/C16H20N4OS/c21-14-5-1-12(2-6-14)11-19-7-9-20(10-8-19)16-18-17-15(22-16)13-3-4-13/h1-2,5-6,13,21H,3-4,7-11H2. The summed E-state index contributed by atoms with van der Waals surface area (Å²) >= 11 is 1.77. The molecule has 2 aromatic rings. The van der Waals surface area contributed by atoms with Gasteiger partial charge in [0.05, 0.1) is 0 Å². The minimum absolute atomic E-state index is 0.330. The van der Waals surface area contributed by atoms with Gasteiger partial charge in [-0.15, -0.1) is 10.2 Å². The van der Waals surface area contributed by atoms with Crippen molar-refractivity contribution in [3.8, 4) is 5.75 Å². The summed E-state index contributed by atoms with van der Waals surface area (Å²) in [5, 5.41) is 20.4. The van der Waals surface area contributed by atoms with Gasteiger partial charge in [0, 0.05) is 38.6 Å². The third-order valence-corrected chi connectivity index (χ3v) is 5.49. The van der Waals surface area contributed by atoms with E-state index < -0.39 is 0 Å². The van der Waals surface area contributed by atoms with Gasteiger partial charge in [-0.05, 0) is 30.5 Å². The van der Waals surface area contributed by atoms with Crippen LogP contribution in [0.25, 0.3) is 0 Å². The monoisotopic (exact) mass is 316 g/mol. The van der Waals surface area contributed by atoms with Crippen molar-refractivity contribution < 1.29 is 5.11 Å². The van der Waals surface area contributed by atoms with Gasteiger partial charge in [-0.25, -0.2) is 0 Å². The van der Waals surface area contributed by atoms with Gasteiger partial charge in [0.1, 0.15) is 10.8 Å². The number of aromatic hydroxyl groups is 1. The highest BCUT2D eigenvalue weighted by atomic mass is 32.1. The zero-order valence-electron chi connectivity index (χ0n) is 12.5. The fourth-order valence-corrected chi connectivity index (χ4v) is 3.87. The van der Waals surface area contributed by atoms with E-state index in [2.05, 4.69) is 20.0 Å². The normalized spacial score (nSPS) is 19.5. The Morgan fingerprint density at radius 1 is 1.05 bits per heavy atom. The lowest BCUT2D eigenvalue weighted by molar-refractivity contribution is 0.249. The van der Waals surface area contributed by atoms with Crippen LogP contribution in [-0.2, 0) is 6.54 Å². The van der Waals surface area contributed by atoms with Gasteiger partial charge in [0.2, 0.25) is 5.13 Å². The molecule has 0 amide bonds. The smallest absolute Gasteiger partial charge is 0.208 e. The summed E-state index contributed by atoms with van der Waals surface area (Å²) in [6.45, 7) is 5.05. The van der Waals surface area contributed by atoms with Crippen molar-refractivity contribution in [1.82, 2.24) is 15.1 Å². The zero-order valence-corrected chi connectivity index (χ0v) is 13.3. The average Bonchev–Trinajstić information content (AvgIpc) is 3.28. The maximum absolute atomic E-state index is 9.34. The van der Waals surface area contributed by atoms with Gasteiger partial charge in [-0.2, -0.15) is 0 Å². The SMILES string of the molecule is Oc1ccc(CN2CCN(c3nnc(C4CC4)s3)CC2)cc1. The molecule has 2 heterocycles. The predicted molar refractivity (Wildman–Crippen MR) is 87.5 cm³/mol. The van der Waals surface area contributed by atoms with E-state index in [9.17, 15) is 5.11 Å². The first-order chi connectivity index (χ1) is 10.8. The lowest BCUT2D eigenvalue weighted by Gasteiger charge is -2.34. The number of hydrogen-bond acceptors (Lipinski definition) is 6. The van der Waals surface area contributed by atoms with E-state index in [1.165, 1.54) is 23.4 Å². The summed E-state index contributed by atoms with van der Waals surface area (Å²) in [4.78, 5) is 4.81. The number of hydrogen-bond donors (Lipinski definition) is 1. The molecule has 1 aromatic heterocycles. The van der Waals surface area contributed by atoms with E-state index in [0.29, 0.717) is 11.7 Å². The lowest BCUT2D eigenvalue weighted by atomic mass is 10.2. The van der Waals surface area contributed by atoms with Crippen LogP contribution in [0, 0.1) is 0 Å². The van der Waals surface area contributed by atoms with Crippen molar-refractivity contribution in [3.63, 3.8) is 0 Å². The molecule has 5 nitrogen and oxygen atoms in total. The first-order valence-corrected chi connectivity index (χ1v) is 8.68. The molecule has 1 saturated heterocycles. The number of phenolic OH excluding ortho intramolecular Hbond substituents is 1. The van der Waals surface area contributed by atoms with E-state index in [1.807, 2.05) is 12.1 Å². The molecular formula is C16H20N4OS. The highest BCUT2D eigenvalue weighted by Crippen LogP contribution is 2.42. The van der Waals surface area contributed by atoms with Crippen LogP contribution in [0.3, 0.4) is 0 Å². The Hall–Kier alpha value is -1.66. The van der Waals surface area contributed by atoms with E-state index in [-0.39, 0.29) is 0 Å². The number of rotatable bonds is 4. The van der Waals surface area contributed by atoms with E-state index >= 15 is 0 Å². The molecule has 6 heteroatoms. The van der Waals surface area contributed by atoms with Crippen LogP contribution in [-0.4, -0.2) is 46.4 Å². The molecule has 1 aliphatic heterocycles. The summed E-state index contributed by atoms with van der Waals surface area (Å²) in [6, 6.07) is 7.50. The predicted octanol–water partition coefficient (Wildman–Crippen LogP) is 2.44. The molecule has 22 heavy (non-hydrogen) atoms. The Morgan fingerprint density at radius 2 is 1.77 bits per heavy atom. The summed E-state index contributed by atoms with van der Waals surface area (Å²) in [6.07, 6.45) is 2.57. The Balaban J connectivity index is 1.32.